The monoisotopic (exact) mass is 186 g/mol. The summed E-state index contributed by atoms with van der Waals surface area (Å²) in [6, 6.07) is 4.08. The minimum atomic E-state index is 0.660. The smallest absolute Gasteiger partial charge is 0.153 e. The van der Waals surface area contributed by atoms with Crippen molar-refractivity contribution in [2.45, 2.75) is 18.8 Å². The summed E-state index contributed by atoms with van der Waals surface area (Å²) in [5, 5.41) is 4.15. The van der Waals surface area contributed by atoms with Crippen molar-refractivity contribution >= 4 is 11.8 Å². The molecule has 3 nitrogen and oxygen atoms in total. The van der Waals surface area contributed by atoms with Crippen LogP contribution in [-0.2, 0) is 0 Å². The Bertz CT molecular complexity index is 497. The SMILES string of the molecule is O=Cc1cnn2cc(C3CC3)ccc12. The molecule has 0 aromatic carbocycles. The second-order valence-corrected chi connectivity index (χ2v) is 3.78. The number of nitrogens with zero attached hydrogens (tertiary/aromatic N) is 2. The van der Waals surface area contributed by atoms with Crippen LogP contribution in [0.4, 0.5) is 0 Å². The highest BCUT2D eigenvalue weighted by atomic mass is 16.1. The van der Waals surface area contributed by atoms with E-state index in [0.717, 1.165) is 17.7 Å². The van der Waals surface area contributed by atoms with Gasteiger partial charge in [0.05, 0.1) is 17.3 Å². The Morgan fingerprint density at radius 2 is 2.29 bits per heavy atom. The summed E-state index contributed by atoms with van der Waals surface area (Å²) < 4.78 is 1.79. The topological polar surface area (TPSA) is 34.4 Å². The van der Waals surface area contributed by atoms with Crippen molar-refractivity contribution in [3.05, 3.63) is 35.7 Å². The fourth-order valence-electron chi connectivity index (χ4n) is 1.77. The summed E-state index contributed by atoms with van der Waals surface area (Å²) in [5.41, 5.74) is 2.88. The second-order valence-electron chi connectivity index (χ2n) is 3.78. The van der Waals surface area contributed by atoms with Gasteiger partial charge in [0.25, 0.3) is 0 Å². The number of hydrogen-bond donors (Lipinski definition) is 0. The van der Waals surface area contributed by atoms with E-state index in [2.05, 4.69) is 11.2 Å². The van der Waals surface area contributed by atoms with Crippen molar-refractivity contribution < 1.29 is 4.79 Å². The van der Waals surface area contributed by atoms with Crippen molar-refractivity contribution in [1.29, 1.82) is 0 Å². The third kappa shape index (κ3) is 1.05. The Morgan fingerprint density at radius 3 is 3.00 bits per heavy atom. The van der Waals surface area contributed by atoms with Crippen molar-refractivity contribution in [3.63, 3.8) is 0 Å². The normalized spacial score (nSPS) is 16.0. The Balaban J connectivity index is 2.19. The number of carbonyl (C=O) groups is 1. The van der Waals surface area contributed by atoms with Crippen LogP contribution in [0.25, 0.3) is 5.52 Å². The molecular formula is C11H10N2O. The maximum Gasteiger partial charge on any atom is 0.153 e. The van der Waals surface area contributed by atoms with Gasteiger partial charge in [-0.2, -0.15) is 5.10 Å². The largest absolute Gasteiger partial charge is 0.298 e. The van der Waals surface area contributed by atoms with Gasteiger partial charge in [0, 0.05) is 6.20 Å². The molecule has 0 N–H and O–H groups in total. The molecule has 70 valence electrons. The fourth-order valence-corrected chi connectivity index (χ4v) is 1.77. The van der Waals surface area contributed by atoms with Crippen LogP contribution < -0.4 is 0 Å². The van der Waals surface area contributed by atoms with E-state index in [9.17, 15) is 4.79 Å². The zero-order valence-corrected chi connectivity index (χ0v) is 7.68. The summed E-state index contributed by atoms with van der Waals surface area (Å²) in [6.45, 7) is 0. The van der Waals surface area contributed by atoms with E-state index >= 15 is 0 Å². The number of aldehydes is 1. The maximum absolute atomic E-state index is 10.7. The fraction of sp³-hybridized carbons (Fsp3) is 0.273. The number of hydrogen-bond acceptors (Lipinski definition) is 2. The molecule has 3 rings (SSSR count). The van der Waals surface area contributed by atoms with E-state index in [1.54, 1.807) is 10.7 Å². The van der Waals surface area contributed by atoms with Gasteiger partial charge in [-0.05, 0) is 30.4 Å². The van der Waals surface area contributed by atoms with Crippen molar-refractivity contribution in [1.82, 2.24) is 9.61 Å². The average Bonchev–Trinajstić information content (AvgIpc) is 2.98. The van der Waals surface area contributed by atoms with E-state index in [1.165, 1.54) is 18.4 Å². The highest BCUT2D eigenvalue weighted by Gasteiger charge is 2.23. The molecular weight excluding hydrogens is 176 g/mol. The molecule has 0 atom stereocenters. The molecule has 1 aliphatic carbocycles. The average molecular weight is 186 g/mol. The highest BCUT2D eigenvalue weighted by Crippen LogP contribution is 2.39. The summed E-state index contributed by atoms with van der Waals surface area (Å²) in [5.74, 6) is 0.725. The molecule has 2 heterocycles. The lowest BCUT2D eigenvalue weighted by Crippen LogP contribution is -1.90. The molecule has 0 spiro atoms. The lowest BCUT2D eigenvalue weighted by molar-refractivity contribution is 0.112. The number of aromatic nitrogens is 2. The quantitative estimate of drug-likeness (QED) is 0.672. The van der Waals surface area contributed by atoms with Crippen LogP contribution >= 0.6 is 0 Å². The van der Waals surface area contributed by atoms with E-state index in [1.807, 2.05) is 12.3 Å². The van der Waals surface area contributed by atoms with Crippen molar-refractivity contribution in [2.24, 2.45) is 0 Å². The third-order valence-electron chi connectivity index (χ3n) is 2.74. The number of fused-ring (bicyclic) bond motifs is 1. The van der Waals surface area contributed by atoms with Gasteiger partial charge in [-0.25, -0.2) is 4.52 Å². The summed E-state index contributed by atoms with van der Waals surface area (Å²) in [7, 11) is 0. The lowest BCUT2D eigenvalue weighted by atomic mass is 10.2. The van der Waals surface area contributed by atoms with Crippen molar-refractivity contribution in [3.8, 4) is 0 Å². The molecule has 0 aliphatic heterocycles. The van der Waals surface area contributed by atoms with Gasteiger partial charge >= 0.3 is 0 Å². The Hall–Kier alpha value is -1.64. The Kier molecular flexibility index (Phi) is 1.48. The highest BCUT2D eigenvalue weighted by molar-refractivity contribution is 5.85. The van der Waals surface area contributed by atoms with Crippen LogP contribution in [0.1, 0.15) is 34.7 Å². The van der Waals surface area contributed by atoms with Gasteiger partial charge in [0.2, 0.25) is 0 Å². The van der Waals surface area contributed by atoms with Gasteiger partial charge in [-0.3, -0.25) is 4.79 Å². The molecule has 0 bridgehead atoms. The zero-order valence-electron chi connectivity index (χ0n) is 7.68. The molecule has 0 saturated heterocycles. The number of rotatable bonds is 2. The minimum absolute atomic E-state index is 0.660. The Labute approximate surface area is 81.4 Å². The minimum Gasteiger partial charge on any atom is -0.298 e. The second kappa shape index (κ2) is 2.67. The first-order valence-corrected chi connectivity index (χ1v) is 4.81. The summed E-state index contributed by atoms with van der Waals surface area (Å²) >= 11 is 0. The molecule has 3 heteroatoms. The zero-order chi connectivity index (χ0) is 9.54. The van der Waals surface area contributed by atoms with Crippen LogP contribution in [0.3, 0.4) is 0 Å². The third-order valence-corrected chi connectivity index (χ3v) is 2.74. The molecule has 1 fully saturated rings. The summed E-state index contributed by atoms with van der Waals surface area (Å²) in [4.78, 5) is 10.7. The van der Waals surface area contributed by atoms with E-state index in [-0.39, 0.29) is 0 Å². The molecule has 0 radical (unpaired) electrons. The first-order chi connectivity index (χ1) is 6.88. The first-order valence-electron chi connectivity index (χ1n) is 4.81. The van der Waals surface area contributed by atoms with E-state index < -0.39 is 0 Å². The van der Waals surface area contributed by atoms with Gasteiger partial charge in [-0.1, -0.05) is 6.07 Å². The van der Waals surface area contributed by atoms with Crippen LogP contribution in [0.15, 0.2) is 24.5 Å². The van der Waals surface area contributed by atoms with Crippen LogP contribution in [-0.4, -0.2) is 15.9 Å². The molecule has 1 saturated carbocycles. The predicted molar refractivity (Wildman–Crippen MR) is 52.6 cm³/mol. The van der Waals surface area contributed by atoms with Crippen molar-refractivity contribution in [2.75, 3.05) is 0 Å². The molecule has 14 heavy (non-hydrogen) atoms. The lowest BCUT2D eigenvalue weighted by Gasteiger charge is -1.98. The van der Waals surface area contributed by atoms with E-state index in [0.29, 0.717) is 5.56 Å². The standard InChI is InChI=1S/C11H10N2O/c14-7-10-5-12-13-6-9(8-1-2-8)3-4-11(10)13/h3-8H,1-2H2. The summed E-state index contributed by atoms with van der Waals surface area (Å²) in [6.07, 6.45) is 7.05. The maximum atomic E-state index is 10.7. The number of pyridine rings is 1. The molecule has 2 aromatic heterocycles. The Morgan fingerprint density at radius 1 is 1.43 bits per heavy atom. The van der Waals surface area contributed by atoms with Gasteiger partial charge < -0.3 is 0 Å². The van der Waals surface area contributed by atoms with Crippen LogP contribution in [0, 0.1) is 0 Å². The molecule has 2 aromatic rings. The van der Waals surface area contributed by atoms with Gasteiger partial charge in [0.1, 0.15) is 0 Å². The van der Waals surface area contributed by atoms with Crippen LogP contribution in [0.2, 0.25) is 0 Å². The predicted octanol–water partition coefficient (Wildman–Crippen LogP) is 2.02. The van der Waals surface area contributed by atoms with E-state index in [4.69, 9.17) is 0 Å². The van der Waals surface area contributed by atoms with Gasteiger partial charge in [-0.15, -0.1) is 0 Å². The molecule has 1 aliphatic rings. The molecule has 0 amide bonds. The van der Waals surface area contributed by atoms with Crippen LogP contribution in [0.5, 0.6) is 0 Å². The molecule has 0 unspecified atom stereocenters. The number of carbonyl (C=O) groups excluding carboxylic acids is 1. The first kappa shape index (κ1) is 7.74. The van der Waals surface area contributed by atoms with Gasteiger partial charge in [0.15, 0.2) is 6.29 Å².